The molecule has 2 aromatic carbocycles. The average Bonchev–Trinajstić information content (AvgIpc) is 2.60. The SMILES string of the molecule is COc1ccc(CC(=O)OCc2cc3c(cc2Br)OCCO3)cc1. The zero-order valence-corrected chi connectivity index (χ0v) is 14.8. The zero-order chi connectivity index (χ0) is 16.9. The lowest BCUT2D eigenvalue weighted by molar-refractivity contribution is -0.144. The number of esters is 1. The maximum atomic E-state index is 12.0. The van der Waals surface area contributed by atoms with Crippen molar-refractivity contribution in [1.82, 2.24) is 0 Å². The number of carbonyl (C=O) groups is 1. The van der Waals surface area contributed by atoms with E-state index in [2.05, 4.69) is 15.9 Å². The summed E-state index contributed by atoms with van der Waals surface area (Å²) >= 11 is 3.47. The highest BCUT2D eigenvalue weighted by Crippen LogP contribution is 2.35. The molecular formula is C18H17BrO5. The monoisotopic (exact) mass is 392 g/mol. The maximum absolute atomic E-state index is 12.0. The highest BCUT2D eigenvalue weighted by Gasteiger charge is 2.16. The number of hydrogen-bond acceptors (Lipinski definition) is 5. The number of carbonyl (C=O) groups excluding carboxylic acids is 1. The van der Waals surface area contributed by atoms with E-state index in [1.807, 2.05) is 36.4 Å². The Labute approximate surface area is 148 Å². The molecule has 1 heterocycles. The van der Waals surface area contributed by atoms with Crippen molar-refractivity contribution in [3.63, 3.8) is 0 Å². The molecular weight excluding hydrogens is 376 g/mol. The van der Waals surface area contributed by atoms with Crippen molar-refractivity contribution in [2.24, 2.45) is 0 Å². The fourth-order valence-corrected chi connectivity index (χ4v) is 2.77. The summed E-state index contributed by atoms with van der Waals surface area (Å²) < 4.78 is 22.3. The molecule has 5 nitrogen and oxygen atoms in total. The molecule has 0 unspecified atom stereocenters. The second-order valence-corrected chi connectivity index (χ2v) is 6.13. The molecule has 0 spiro atoms. The van der Waals surface area contributed by atoms with Crippen LogP contribution in [0.2, 0.25) is 0 Å². The van der Waals surface area contributed by atoms with Crippen molar-refractivity contribution in [3.8, 4) is 17.2 Å². The molecule has 24 heavy (non-hydrogen) atoms. The molecule has 1 aliphatic rings. The van der Waals surface area contributed by atoms with Crippen LogP contribution in [0.25, 0.3) is 0 Å². The Morgan fingerprint density at radius 1 is 1.12 bits per heavy atom. The molecule has 0 fully saturated rings. The van der Waals surface area contributed by atoms with Crippen LogP contribution in [0.1, 0.15) is 11.1 Å². The first kappa shape index (κ1) is 16.6. The van der Waals surface area contributed by atoms with Gasteiger partial charge in [-0.15, -0.1) is 0 Å². The lowest BCUT2D eigenvalue weighted by Crippen LogP contribution is -2.16. The molecule has 6 heteroatoms. The van der Waals surface area contributed by atoms with Crippen molar-refractivity contribution in [2.45, 2.75) is 13.0 Å². The number of ether oxygens (including phenoxy) is 4. The van der Waals surface area contributed by atoms with E-state index in [1.54, 1.807) is 7.11 Å². The Kier molecular flexibility index (Phi) is 5.25. The molecule has 0 saturated carbocycles. The van der Waals surface area contributed by atoms with E-state index in [0.29, 0.717) is 24.7 Å². The number of rotatable bonds is 5. The average molecular weight is 393 g/mol. The summed E-state index contributed by atoms with van der Waals surface area (Å²) in [5.41, 5.74) is 1.71. The smallest absolute Gasteiger partial charge is 0.310 e. The van der Waals surface area contributed by atoms with Gasteiger partial charge in [0.05, 0.1) is 13.5 Å². The predicted molar refractivity (Wildman–Crippen MR) is 91.6 cm³/mol. The van der Waals surface area contributed by atoms with E-state index in [4.69, 9.17) is 18.9 Å². The lowest BCUT2D eigenvalue weighted by atomic mass is 10.1. The molecule has 0 aromatic heterocycles. The van der Waals surface area contributed by atoms with Gasteiger partial charge in [-0.1, -0.05) is 28.1 Å². The number of halogens is 1. The number of methoxy groups -OCH3 is 1. The van der Waals surface area contributed by atoms with Gasteiger partial charge in [-0.05, 0) is 29.8 Å². The van der Waals surface area contributed by atoms with Crippen molar-refractivity contribution < 1.29 is 23.7 Å². The fraction of sp³-hybridized carbons (Fsp3) is 0.278. The summed E-state index contributed by atoms with van der Waals surface area (Å²) in [7, 11) is 1.61. The van der Waals surface area contributed by atoms with Crippen molar-refractivity contribution in [1.29, 1.82) is 0 Å². The van der Waals surface area contributed by atoms with Crippen molar-refractivity contribution >= 4 is 21.9 Å². The van der Waals surface area contributed by atoms with Gasteiger partial charge in [-0.2, -0.15) is 0 Å². The molecule has 0 amide bonds. The summed E-state index contributed by atoms with van der Waals surface area (Å²) in [5.74, 6) is 1.83. The van der Waals surface area contributed by atoms with Crippen LogP contribution in [-0.2, 0) is 22.6 Å². The number of benzene rings is 2. The van der Waals surface area contributed by atoms with Crippen LogP contribution in [0.5, 0.6) is 17.2 Å². The van der Waals surface area contributed by atoms with Gasteiger partial charge in [0.2, 0.25) is 0 Å². The topological polar surface area (TPSA) is 54.0 Å². The summed E-state index contributed by atoms with van der Waals surface area (Å²) in [4.78, 5) is 12.0. The Morgan fingerprint density at radius 2 is 1.79 bits per heavy atom. The Morgan fingerprint density at radius 3 is 2.46 bits per heavy atom. The minimum absolute atomic E-state index is 0.173. The van der Waals surface area contributed by atoms with E-state index < -0.39 is 0 Å². The van der Waals surface area contributed by atoms with Gasteiger partial charge in [0.1, 0.15) is 25.6 Å². The molecule has 2 aromatic rings. The third-order valence-corrected chi connectivity index (χ3v) is 4.35. The minimum Gasteiger partial charge on any atom is -0.497 e. The normalized spacial score (nSPS) is 12.6. The van der Waals surface area contributed by atoms with Crippen LogP contribution >= 0.6 is 15.9 Å². The fourth-order valence-electron chi connectivity index (χ4n) is 2.34. The summed E-state index contributed by atoms with van der Waals surface area (Å²) in [6.45, 7) is 1.23. The highest BCUT2D eigenvalue weighted by molar-refractivity contribution is 9.10. The molecule has 0 saturated heterocycles. The largest absolute Gasteiger partial charge is 0.497 e. The molecule has 0 atom stereocenters. The molecule has 0 aliphatic carbocycles. The van der Waals surface area contributed by atoms with Gasteiger partial charge in [0.15, 0.2) is 11.5 Å². The standard InChI is InChI=1S/C18H17BrO5/c1-21-14-4-2-12(3-5-14)8-18(20)24-11-13-9-16-17(10-15(13)19)23-7-6-22-16/h2-5,9-10H,6-8,11H2,1H3. The van der Waals surface area contributed by atoms with Crippen LogP contribution in [0, 0.1) is 0 Å². The molecule has 126 valence electrons. The van der Waals surface area contributed by atoms with Crippen LogP contribution in [0.4, 0.5) is 0 Å². The molecule has 3 rings (SSSR count). The van der Waals surface area contributed by atoms with E-state index in [1.165, 1.54) is 0 Å². The van der Waals surface area contributed by atoms with Crippen molar-refractivity contribution in [3.05, 3.63) is 52.0 Å². The van der Waals surface area contributed by atoms with E-state index >= 15 is 0 Å². The zero-order valence-electron chi connectivity index (χ0n) is 13.2. The van der Waals surface area contributed by atoms with Crippen molar-refractivity contribution in [2.75, 3.05) is 20.3 Å². The first-order chi connectivity index (χ1) is 11.7. The lowest BCUT2D eigenvalue weighted by Gasteiger charge is -2.19. The Hall–Kier alpha value is -2.21. The first-order valence-corrected chi connectivity index (χ1v) is 8.31. The highest BCUT2D eigenvalue weighted by atomic mass is 79.9. The second-order valence-electron chi connectivity index (χ2n) is 5.27. The quantitative estimate of drug-likeness (QED) is 0.728. The Balaban J connectivity index is 1.59. The molecule has 0 bridgehead atoms. The summed E-state index contributed by atoms with van der Waals surface area (Å²) in [5, 5.41) is 0. The molecule has 0 radical (unpaired) electrons. The van der Waals surface area contributed by atoms with Gasteiger partial charge < -0.3 is 18.9 Å². The number of fused-ring (bicyclic) bond motifs is 1. The van der Waals surface area contributed by atoms with E-state index in [9.17, 15) is 4.79 Å². The first-order valence-electron chi connectivity index (χ1n) is 7.52. The predicted octanol–water partition coefficient (Wildman–Crippen LogP) is 3.51. The van der Waals surface area contributed by atoms with Crippen LogP contribution in [-0.4, -0.2) is 26.3 Å². The molecule has 1 aliphatic heterocycles. The summed E-state index contributed by atoms with van der Waals surface area (Å²) in [6, 6.07) is 11.0. The van der Waals surface area contributed by atoms with Gasteiger partial charge >= 0.3 is 5.97 Å². The minimum atomic E-state index is -0.290. The van der Waals surface area contributed by atoms with Gasteiger partial charge in [0, 0.05) is 10.0 Å². The Bertz CT molecular complexity index is 727. The maximum Gasteiger partial charge on any atom is 0.310 e. The third-order valence-electron chi connectivity index (χ3n) is 3.61. The van der Waals surface area contributed by atoms with Crippen LogP contribution in [0.15, 0.2) is 40.9 Å². The summed E-state index contributed by atoms with van der Waals surface area (Å²) in [6.07, 6.45) is 0.214. The second kappa shape index (κ2) is 7.57. The van der Waals surface area contributed by atoms with E-state index in [-0.39, 0.29) is 19.0 Å². The number of hydrogen-bond donors (Lipinski definition) is 0. The van der Waals surface area contributed by atoms with Crippen LogP contribution < -0.4 is 14.2 Å². The van der Waals surface area contributed by atoms with Gasteiger partial charge in [-0.25, -0.2) is 0 Å². The molecule has 0 N–H and O–H groups in total. The van der Waals surface area contributed by atoms with Gasteiger partial charge in [-0.3, -0.25) is 4.79 Å². The van der Waals surface area contributed by atoms with E-state index in [0.717, 1.165) is 21.3 Å². The third kappa shape index (κ3) is 4.00. The van der Waals surface area contributed by atoms with Gasteiger partial charge in [0.25, 0.3) is 0 Å². The van der Waals surface area contributed by atoms with Crippen LogP contribution in [0.3, 0.4) is 0 Å².